The van der Waals surface area contributed by atoms with Gasteiger partial charge in [-0.3, -0.25) is 9.59 Å². The van der Waals surface area contributed by atoms with Crippen molar-refractivity contribution in [2.24, 2.45) is 0 Å². The lowest BCUT2D eigenvalue weighted by Gasteiger charge is -2.25. The minimum Gasteiger partial charge on any atom is -0.353 e. The van der Waals surface area contributed by atoms with Gasteiger partial charge in [0, 0.05) is 31.1 Å². The van der Waals surface area contributed by atoms with Crippen molar-refractivity contribution < 1.29 is 9.59 Å². The maximum Gasteiger partial charge on any atom is 0.253 e. The van der Waals surface area contributed by atoms with E-state index in [1.807, 2.05) is 50.4 Å². The highest BCUT2D eigenvalue weighted by Gasteiger charge is 2.30. The predicted octanol–water partition coefficient (Wildman–Crippen LogP) is 3.74. The van der Waals surface area contributed by atoms with E-state index in [0.29, 0.717) is 17.5 Å². The molecule has 0 unspecified atom stereocenters. The van der Waals surface area contributed by atoms with Crippen LogP contribution in [-0.2, 0) is 4.79 Å². The van der Waals surface area contributed by atoms with Gasteiger partial charge in [0.15, 0.2) is 0 Å². The Labute approximate surface area is 166 Å². The van der Waals surface area contributed by atoms with Gasteiger partial charge in [0.1, 0.15) is 0 Å². The summed E-state index contributed by atoms with van der Waals surface area (Å²) in [6, 6.07) is 17.4. The Morgan fingerprint density at radius 3 is 2.25 bits per heavy atom. The van der Waals surface area contributed by atoms with Crippen LogP contribution in [0, 0.1) is 11.3 Å². The molecule has 0 radical (unpaired) electrons. The monoisotopic (exact) mass is 375 g/mol. The second-order valence-corrected chi connectivity index (χ2v) is 7.27. The van der Waals surface area contributed by atoms with Gasteiger partial charge in [-0.1, -0.05) is 31.2 Å². The minimum atomic E-state index is -0.00107. The van der Waals surface area contributed by atoms with Gasteiger partial charge in [0.05, 0.1) is 11.6 Å². The fourth-order valence-corrected chi connectivity index (χ4v) is 3.68. The van der Waals surface area contributed by atoms with Gasteiger partial charge in [-0.25, -0.2) is 0 Å². The molecule has 1 N–H and O–H groups in total. The molecule has 3 rings (SSSR count). The number of benzene rings is 2. The summed E-state index contributed by atoms with van der Waals surface area (Å²) in [5, 5.41) is 11.9. The van der Waals surface area contributed by atoms with Crippen molar-refractivity contribution in [1.29, 1.82) is 5.26 Å². The number of carbonyl (C=O) groups excluding carboxylic acids is 2. The zero-order valence-electron chi connectivity index (χ0n) is 16.3. The largest absolute Gasteiger partial charge is 0.353 e. The lowest BCUT2D eigenvalue weighted by molar-refractivity contribution is -0.121. The number of hydrogen-bond donors (Lipinski definition) is 1. The molecule has 0 heterocycles. The summed E-state index contributed by atoms with van der Waals surface area (Å²) < 4.78 is 0. The van der Waals surface area contributed by atoms with Gasteiger partial charge in [-0.05, 0) is 54.7 Å². The summed E-state index contributed by atoms with van der Waals surface area (Å²) in [5.74, 6) is 0.0665. The van der Waals surface area contributed by atoms with Gasteiger partial charge in [0.2, 0.25) is 5.91 Å². The summed E-state index contributed by atoms with van der Waals surface area (Å²) in [6.45, 7) is 1.85. The van der Waals surface area contributed by atoms with Crippen molar-refractivity contribution in [2.45, 2.75) is 44.7 Å². The van der Waals surface area contributed by atoms with Gasteiger partial charge in [-0.15, -0.1) is 0 Å². The Morgan fingerprint density at radius 1 is 1.07 bits per heavy atom. The van der Waals surface area contributed by atoms with E-state index in [-0.39, 0.29) is 23.9 Å². The SMILES string of the molecule is CCC(=O)N[C@H]1CC[C@@H](N(C)C(=O)c2ccc(-c3ccc(C#N)cc3)cc2)C1. The Balaban J connectivity index is 1.64. The molecular weight excluding hydrogens is 350 g/mol. The van der Waals surface area contributed by atoms with Crippen LogP contribution in [0.15, 0.2) is 48.5 Å². The first-order valence-corrected chi connectivity index (χ1v) is 9.69. The van der Waals surface area contributed by atoms with E-state index in [1.165, 1.54) is 0 Å². The molecule has 0 aromatic heterocycles. The first-order chi connectivity index (χ1) is 13.5. The second-order valence-electron chi connectivity index (χ2n) is 7.27. The van der Waals surface area contributed by atoms with Gasteiger partial charge >= 0.3 is 0 Å². The molecule has 2 amide bonds. The van der Waals surface area contributed by atoms with Crippen LogP contribution in [0.5, 0.6) is 0 Å². The molecule has 28 heavy (non-hydrogen) atoms. The summed E-state index contributed by atoms with van der Waals surface area (Å²) in [6.07, 6.45) is 3.10. The van der Waals surface area contributed by atoms with Crippen LogP contribution >= 0.6 is 0 Å². The minimum absolute atomic E-state index is 0.00107. The third kappa shape index (κ3) is 4.40. The Morgan fingerprint density at radius 2 is 1.68 bits per heavy atom. The fraction of sp³-hybridized carbons (Fsp3) is 0.348. The Bertz CT molecular complexity index is 882. The Hall–Kier alpha value is -3.13. The molecule has 0 bridgehead atoms. The second kappa shape index (κ2) is 8.71. The highest BCUT2D eigenvalue weighted by Crippen LogP contribution is 2.26. The highest BCUT2D eigenvalue weighted by molar-refractivity contribution is 5.94. The number of nitrogens with one attached hydrogen (secondary N) is 1. The quantitative estimate of drug-likeness (QED) is 0.865. The molecular formula is C23H25N3O2. The molecule has 5 heteroatoms. The smallest absolute Gasteiger partial charge is 0.253 e. The topological polar surface area (TPSA) is 73.2 Å². The first-order valence-electron chi connectivity index (χ1n) is 9.69. The molecule has 1 saturated carbocycles. The zero-order chi connectivity index (χ0) is 20.1. The van der Waals surface area contributed by atoms with E-state index in [0.717, 1.165) is 30.4 Å². The molecule has 2 aromatic rings. The third-order valence-corrected chi connectivity index (χ3v) is 5.44. The summed E-state index contributed by atoms with van der Waals surface area (Å²) in [4.78, 5) is 26.2. The van der Waals surface area contributed by atoms with Crippen molar-refractivity contribution in [3.8, 4) is 17.2 Å². The Kier molecular flexibility index (Phi) is 6.10. The molecule has 2 aromatic carbocycles. The highest BCUT2D eigenvalue weighted by atomic mass is 16.2. The van der Waals surface area contributed by atoms with Crippen LogP contribution in [0.4, 0.5) is 0 Å². The van der Waals surface area contributed by atoms with E-state index < -0.39 is 0 Å². The third-order valence-electron chi connectivity index (χ3n) is 5.44. The van der Waals surface area contributed by atoms with Crippen LogP contribution < -0.4 is 5.32 Å². The molecule has 0 spiro atoms. The summed E-state index contributed by atoms with van der Waals surface area (Å²) in [7, 11) is 1.84. The lowest BCUT2D eigenvalue weighted by Crippen LogP contribution is -2.38. The normalized spacial score (nSPS) is 18.3. The first kappa shape index (κ1) is 19.6. The van der Waals surface area contributed by atoms with Gasteiger partial charge in [0.25, 0.3) is 5.91 Å². The fourth-order valence-electron chi connectivity index (χ4n) is 3.68. The number of amides is 2. The molecule has 144 valence electrons. The summed E-state index contributed by atoms with van der Waals surface area (Å²) in [5.41, 5.74) is 3.30. The van der Waals surface area contributed by atoms with E-state index in [9.17, 15) is 9.59 Å². The maximum atomic E-state index is 12.9. The van der Waals surface area contributed by atoms with E-state index in [2.05, 4.69) is 11.4 Å². The molecule has 1 aliphatic rings. The van der Waals surface area contributed by atoms with Crippen molar-refractivity contribution >= 4 is 11.8 Å². The number of rotatable bonds is 5. The number of nitrogens with zero attached hydrogens (tertiary/aromatic N) is 2. The standard InChI is InChI=1S/C23H25N3O2/c1-3-22(27)25-20-12-13-21(14-20)26(2)23(28)19-10-8-18(9-11-19)17-6-4-16(15-24)5-7-17/h4-11,20-21H,3,12-14H2,1-2H3,(H,25,27)/t20-,21+/m0/s1. The average molecular weight is 375 g/mol. The molecule has 0 aliphatic heterocycles. The average Bonchev–Trinajstić information content (AvgIpc) is 3.21. The van der Waals surface area contributed by atoms with Crippen molar-refractivity contribution in [3.05, 3.63) is 59.7 Å². The van der Waals surface area contributed by atoms with E-state index in [1.54, 1.807) is 17.0 Å². The van der Waals surface area contributed by atoms with Crippen LogP contribution in [0.3, 0.4) is 0 Å². The number of nitriles is 1. The molecule has 0 saturated heterocycles. The summed E-state index contributed by atoms with van der Waals surface area (Å²) >= 11 is 0. The van der Waals surface area contributed by atoms with E-state index >= 15 is 0 Å². The van der Waals surface area contributed by atoms with Crippen molar-refractivity contribution in [3.63, 3.8) is 0 Å². The molecule has 2 atom stereocenters. The number of carbonyl (C=O) groups is 2. The number of hydrogen-bond acceptors (Lipinski definition) is 3. The van der Waals surface area contributed by atoms with Crippen LogP contribution in [0.2, 0.25) is 0 Å². The van der Waals surface area contributed by atoms with Crippen LogP contribution in [0.25, 0.3) is 11.1 Å². The molecule has 5 nitrogen and oxygen atoms in total. The zero-order valence-corrected chi connectivity index (χ0v) is 16.3. The van der Waals surface area contributed by atoms with Crippen molar-refractivity contribution in [2.75, 3.05) is 7.05 Å². The molecule has 1 fully saturated rings. The van der Waals surface area contributed by atoms with Crippen LogP contribution in [-0.4, -0.2) is 35.8 Å². The van der Waals surface area contributed by atoms with Crippen LogP contribution in [0.1, 0.15) is 48.5 Å². The predicted molar refractivity (Wildman–Crippen MR) is 109 cm³/mol. The molecule has 1 aliphatic carbocycles. The van der Waals surface area contributed by atoms with E-state index in [4.69, 9.17) is 5.26 Å². The van der Waals surface area contributed by atoms with Gasteiger partial charge < -0.3 is 10.2 Å². The lowest BCUT2D eigenvalue weighted by atomic mass is 10.0. The van der Waals surface area contributed by atoms with Gasteiger partial charge in [-0.2, -0.15) is 5.26 Å². The maximum absolute atomic E-state index is 12.9. The van der Waals surface area contributed by atoms with Crippen molar-refractivity contribution in [1.82, 2.24) is 10.2 Å².